The largest absolute Gasteiger partial charge is 0.420 e. The molecule has 0 aromatic carbocycles. The molecule has 0 atom stereocenters. The number of aromatic nitrogens is 2. The minimum atomic E-state index is 0.525. The lowest BCUT2D eigenvalue weighted by molar-refractivity contribution is 0.484. The summed E-state index contributed by atoms with van der Waals surface area (Å²) >= 11 is 1.72. The third-order valence-corrected chi connectivity index (χ3v) is 4.03. The minimum absolute atomic E-state index is 0.525. The molecule has 0 spiro atoms. The maximum atomic E-state index is 5.69. The summed E-state index contributed by atoms with van der Waals surface area (Å²) in [5.74, 6) is 1.38. The van der Waals surface area contributed by atoms with Gasteiger partial charge in [-0.1, -0.05) is 20.8 Å². The van der Waals surface area contributed by atoms with Crippen molar-refractivity contribution in [2.45, 2.75) is 46.1 Å². The van der Waals surface area contributed by atoms with Gasteiger partial charge in [-0.25, -0.2) is 0 Å². The van der Waals surface area contributed by atoms with Crippen molar-refractivity contribution in [3.8, 4) is 10.8 Å². The van der Waals surface area contributed by atoms with Crippen molar-refractivity contribution in [1.29, 1.82) is 0 Å². The zero-order chi connectivity index (χ0) is 13.7. The van der Waals surface area contributed by atoms with Crippen LogP contribution in [-0.4, -0.2) is 22.8 Å². The van der Waals surface area contributed by atoms with E-state index in [1.165, 1.54) is 4.88 Å². The number of rotatable bonds is 7. The van der Waals surface area contributed by atoms with Crippen molar-refractivity contribution in [3.05, 3.63) is 22.9 Å². The van der Waals surface area contributed by atoms with Gasteiger partial charge in [0.25, 0.3) is 5.89 Å². The molecule has 2 rings (SSSR count). The number of hydrogen-bond donors (Lipinski definition) is 1. The van der Waals surface area contributed by atoms with Gasteiger partial charge in [0.1, 0.15) is 0 Å². The highest BCUT2D eigenvalue weighted by molar-refractivity contribution is 7.15. The van der Waals surface area contributed by atoms with E-state index >= 15 is 0 Å². The second kappa shape index (κ2) is 6.82. The zero-order valence-corrected chi connectivity index (χ0v) is 12.6. The molecule has 2 aromatic heterocycles. The highest BCUT2D eigenvalue weighted by Gasteiger charge is 2.10. The lowest BCUT2D eigenvalue weighted by Gasteiger charge is -2.05. The highest BCUT2D eigenvalue weighted by Crippen LogP contribution is 2.27. The van der Waals surface area contributed by atoms with Crippen LogP contribution in [0.3, 0.4) is 0 Å². The first kappa shape index (κ1) is 14.2. The first-order chi connectivity index (χ1) is 9.19. The molecule has 0 saturated carbocycles. The van der Waals surface area contributed by atoms with Crippen LogP contribution in [0.25, 0.3) is 10.8 Å². The van der Waals surface area contributed by atoms with Gasteiger partial charge in [-0.3, -0.25) is 0 Å². The molecule has 4 nitrogen and oxygen atoms in total. The summed E-state index contributed by atoms with van der Waals surface area (Å²) in [6.07, 6.45) is 2.90. The van der Waals surface area contributed by atoms with E-state index in [9.17, 15) is 0 Å². The van der Waals surface area contributed by atoms with Gasteiger partial charge in [-0.2, -0.15) is 0 Å². The number of nitrogens with one attached hydrogen (secondary N) is 1. The van der Waals surface area contributed by atoms with E-state index < -0.39 is 0 Å². The maximum Gasteiger partial charge on any atom is 0.257 e. The third kappa shape index (κ3) is 4.14. The first-order valence-corrected chi connectivity index (χ1v) is 7.65. The van der Waals surface area contributed by atoms with Gasteiger partial charge < -0.3 is 9.73 Å². The normalized spacial score (nSPS) is 11.4. The van der Waals surface area contributed by atoms with Gasteiger partial charge in [0.05, 0.1) is 4.88 Å². The summed E-state index contributed by atoms with van der Waals surface area (Å²) < 4.78 is 5.69. The van der Waals surface area contributed by atoms with Gasteiger partial charge in [-0.15, -0.1) is 21.5 Å². The van der Waals surface area contributed by atoms with E-state index in [0.29, 0.717) is 11.9 Å². The Morgan fingerprint density at radius 3 is 2.84 bits per heavy atom. The van der Waals surface area contributed by atoms with E-state index in [2.05, 4.69) is 48.4 Å². The topological polar surface area (TPSA) is 51.0 Å². The summed E-state index contributed by atoms with van der Waals surface area (Å²) in [4.78, 5) is 2.41. The Kier molecular flexibility index (Phi) is 5.10. The fourth-order valence-electron chi connectivity index (χ4n) is 1.77. The molecule has 1 N–H and O–H groups in total. The smallest absolute Gasteiger partial charge is 0.257 e. The molecular formula is C14H21N3OS. The summed E-state index contributed by atoms with van der Waals surface area (Å²) in [6, 6.07) is 4.70. The number of hydrogen-bond acceptors (Lipinski definition) is 5. The molecule has 0 aliphatic heterocycles. The molecule has 5 heteroatoms. The van der Waals surface area contributed by atoms with Gasteiger partial charge >= 0.3 is 0 Å². The molecule has 0 saturated heterocycles. The van der Waals surface area contributed by atoms with Crippen molar-refractivity contribution in [2.75, 3.05) is 6.54 Å². The minimum Gasteiger partial charge on any atom is -0.420 e. The molecule has 0 aliphatic rings. The lowest BCUT2D eigenvalue weighted by atomic mass is 10.3. The van der Waals surface area contributed by atoms with Gasteiger partial charge in [0, 0.05) is 17.3 Å². The summed E-state index contributed by atoms with van der Waals surface area (Å²) in [6.45, 7) is 7.42. The lowest BCUT2D eigenvalue weighted by Crippen LogP contribution is -2.23. The van der Waals surface area contributed by atoms with Gasteiger partial charge in [0.2, 0.25) is 5.89 Å². The molecule has 0 aliphatic carbocycles. The van der Waals surface area contributed by atoms with Crippen molar-refractivity contribution in [2.24, 2.45) is 0 Å². The molecule has 0 bridgehead atoms. The Morgan fingerprint density at radius 1 is 1.32 bits per heavy atom. The average Bonchev–Trinajstić information content (AvgIpc) is 3.02. The first-order valence-electron chi connectivity index (χ1n) is 6.84. The fourth-order valence-corrected chi connectivity index (χ4v) is 2.64. The summed E-state index contributed by atoms with van der Waals surface area (Å²) in [5, 5.41) is 11.6. The quantitative estimate of drug-likeness (QED) is 0.790. The Morgan fingerprint density at radius 2 is 2.16 bits per heavy atom. The monoisotopic (exact) mass is 279 g/mol. The predicted molar refractivity (Wildman–Crippen MR) is 78.4 cm³/mol. The average molecular weight is 279 g/mol. The zero-order valence-electron chi connectivity index (χ0n) is 11.8. The standard InChI is InChI=1S/C14H21N3OS/c1-4-11-7-8-12(19-11)14-17-16-13(18-14)6-5-9-15-10(2)3/h7-8,10,15H,4-6,9H2,1-3H3. The van der Waals surface area contributed by atoms with E-state index in [1.807, 2.05) is 0 Å². The maximum absolute atomic E-state index is 5.69. The molecule has 0 radical (unpaired) electrons. The van der Waals surface area contributed by atoms with E-state index in [4.69, 9.17) is 4.42 Å². The number of thiophene rings is 1. The van der Waals surface area contributed by atoms with Crippen LogP contribution < -0.4 is 5.32 Å². The Labute approximate surface area is 118 Å². The van der Waals surface area contributed by atoms with Crippen LogP contribution in [0.4, 0.5) is 0 Å². The van der Waals surface area contributed by atoms with Crippen LogP contribution in [0.2, 0.25) is 0 Å². The van der Waals surface area contributed by atoms with Crippen molar-refractivity contribution in [1.82, 2.24) is 15.5 Å². The Bertz CT molecular complexity index is 504. The Balaban J connectivity index is 1.88. The van der Waals surface area contributed by atoms with E-state index in [1.54, 1.807) is 11.3 Å². The molecule has 2 heterocycles. The molecule has 0 unspecified atom stereocenters. The second-order valence-electron chi connectivity index (χ2n) is 4.83. The van der Waals surface area contributed by atoms with Gasteiger partial charge in [0.15, 0.2) is 0 Å². The number of aryl methyl sites for hydroxylation is 2. The van der Waals surface area contributed by atoms with Crippen LogP contribution >= 0.6 is 11.3 Å². The van der Waals surface area contributed by atoms with Crippen LogP contribution in [0.1, 0.15) is 38.0 Å². The SMILES string of the molecule is CCc1ccc(-c2nnc(CCCNC(C)C)o2)s1. The van der Waals surface area contributed by atoms with Crippen LogP contribution in [-0.2, 0) is 12.8 Å². The van der Waals surface area contributed by atoms with E-state index in [0.717, 1.165) is 36.6 Å². The highest BCUT2D eigenvalue weighted by atomic mass is 32.1. The van der Waals surface area contributed by atoms with Crippen LogP contribution in [0.5, 0.6) is 0 Å². The van der Waals surface area contributed by atoms with Gasteiger partial charge in [-0.05, 0) is 31.5 Å². The molecular weight excluding hydrogens is 258 g/mol. The molecule has 19 heavy (non-hydrogen) atoms. The summed E-state index contributed by atoms with van der Waals surface area (Å²) in [7, 11) is 0. The van der Waals surface area contributed by atoms with Crippen LogP contribution in [0, 0.1) is 0 Å². The fraction of sp³-hybridized carbons (Fsp3) is 0.571. The molecule has 104 valence electrons. The predicted octanol–water partition coefficient (Wildman–Crippen LogP) is 3.29. The van der Waals surface area contributed by atoms with Crippen molar-refractivity contribution < 1.29 is 4.42 Å². The molecule has 0 amide bonds. The van der Waals surface area contributed by atoms with Crippen molar-refractivity contribution >= 4 is 11.3 Å². The van der Waals surface area contributed by atoms with Crippen molar-refractivity contribution in [3.63, 3.8) is 0 Å². The molecule has 2 aromatic rings. The third-order valence-electron chi connectivity index (χ3n) is 2.81. The van der Waals surface area contributed by atoms with Crippen LogP contribution in [0.15, 0.2) is 16.5 Å². The molecule has 0 fully saturated rings. The van der Waals surface area contributed by atoms with E-state index in [-0.39, 0.29) is 0 Å². The Hall–Kier alpha value is -1.20. The second-order valence-corrected chi connectivity index (χ2v) is 6.00. The number of nitrogens with zero attached hydrogens (tertiary/aromatic N) is 2. The summed E-state index contributed by atoms with van der Waals surface area (Å²) in [5.41, 5.74) is 0.